The van der Waals surface area contributed by atoms with E-state index in [1.807, 2.05) is 19.1 Å². The monoisotopic (exact) mass is 413 g/mol. The van der Waals surface area contributed by atoms with E-state index in [0.717, 1.165) is 16.9 Å². The van der Waals surface area contributed by atoms with Crippen LogP contribution in [-0.2, 0) is 17.8 Å². The molecule has 3 N–H and O–H groups in total. The Hall–Kier alpha value is -2.97. The lowest BCUT2D eigenvalue weighted by molar-refractivity contribution is -0.120. The Balaban J connectivity index is 1.63. The van der Waals surface area contributed by atoms with Crippen molar-refractivity contribution in [1.29, 1.82) is 0 Å². The number of nitrogens with one attached hydrogen (secondary N) is 1. The third kappa shape index (κ3) is 5.10. The number of benzene rings is 2. The van der Waals surface area contributed by atoms with Gasteiger partial charge in [0.25, 0.3) is 5.56 Å². The predicted octanol–water partition coefficient (Wildman–Crippen LogP) is 1.51. The molecule has 0 aliphatic heterocycles. The van der Waals surface area contributed by atoms with Crippen molar-refractivity contribution in [2.24, 2.45) is 5.73 Å². The molecule has 0 aliphatic carbocycles. The van der Waals surface area contributed by atoms with E-state index < -0.39 is 6.04 Å². The van der Waals surface area contributed by atoms with Gasteiger partial charge in [-0.1, -0.05) is 42.5 Å². The summed E-state index contributed by atoms with van der Waals surface area (Å²) in [7, 11) is 0. The summed E-state index contributed by atoms with van der Waals surface area (Å²) in [5.74, 6) is 0.236. The summed E-state index contributed by atoms with van der Waals surface area (Å²) in [4.78, 5) is 35.9. The largest absolute Gasteiger partial charge is 0.492 e. The van der Waals surface area contributed by atoms with Gasteiger partial charge in [0.15, 0.2) is 0 Å². The number of nitrogens with zero attached hydrogens (tertiary/aromatic N) is 1. The Morgan fingerprint density at radius 2 is 1.90 bits per heavy atom. The Morgan fingerprint density at radius 3 is 2.59 bits per heavy atom. The van der Waals surface area contributed by atoms with Crippen molar-refractivity contribution in [2.75, 3.05) is 13.2 Å². The van der Waals surface area contributed by atoms with E-state index in [0.29, 0.717) is 28.8 Å². The van der Waals surface area contributed by atoms with Crippen molar-refractivity contribution in [1.82, 2.24) is 9.88 Å². The first kappa shape index (κ1) is 20.8. The van der Waals surface area contributed by atoms with Gasteiger partial charge in [-0.25, -0.2) is 0 Å². The standard InChI is InChI=1S/C21H23N3O4S/c1-2-23-17(19(22)25)13-14-7-9-15(10-8-14)28-12-11-24-20(26)16-5-3-4-6-18(16)29-21(24)27/h3-10,17,23H,2,11-13H2,1H3,(H2,22,25). The van der Waals surface area contributed by atoms with Crippen molar-refractivity contribution in [2.45, 2.75) is 25.9 Å². The molecule has 0 fully saturated rings. The van der Waals surface area contributed by atoms with E-state index in [1.165, 1.54) is 4.57 Å². The lowest BCUT2D eigenvalue weighted by Crippen LogP contribution is -2.42. The fourth-order valence-corrected chi connectivity index (χ4v) is 3.92. The highest BCUT2D eigenvalue weighted by molar-refractivity contribution is 7.16. The molecule has 0 radical (unpaired) electrons. The summed E-state index contributed by atoms with van der Waals surface area (Å²) in [6, 6.07) is 14.0. The number of fused-ring (bicyclic) bond motifs is 1. The minimum absolute atomic E-state index is 0.172. The minimum Gasteiger partial charge on any atom is -0.492 e. The van der Waals surface area contributed by atoms with Crippen molar-refractivity contribution in [3.05, 3.63) is 74.1 Å². The molecule has 8 heteroatoms. The van der Waals surface area contributed by atoms with Gasteiger partial charge in [-0.15, -0.1) is 0 Å². The second kappa shape index (κ2) is 9.49. The summed E-state index contributed by atoms with van der Waals surface area (Å²) in [6.07, 6.45) is 0.497. The van der Waals surface area contributed by atoms with Gasteiger partial charge in [0.2, 0.25) is 5.91 Å². The van der Waals surface area contributed by atoms with Gasteiger partial charge in [0.1, 0.15) is 12.4 Å². The Labute approximate surface area is 171 Å². The molecule has 152 valence electrons. The summed E-state index contributed by atoms with van der Waals surface area (Å²) in [5, 5.41) is 3.59. The average Bonchev–Trinajstić information content (AvgIpc) is 2.71. The van der Waals surface area contributed by atoms with Crippen LogP contribution in [0, 0.1) is 0 Å². The second-order valence-corrected chi connectivity index (χ2v) is 7.52. The van der Waals surface area contributed by atoms with E-state index in [9.17, 15) is 14.4 Å². The van der Waals surface area contributed by atoms with Crippen LogP contribution in [0.3, 0.4) is 0 Å². The number of rotatable bonds is 9. The van der Waals surface area contributed by atoms with Crippen LogP contribution in [0.2, 0.25) is 0 Å². The molecule has 1 atom stereocenters. The summed E-state index contributed by atoms with van der Waals surface area (Å²) < 4.78 is 7.57. The number of ether oxygens (including phenoxy) is 1. The highest BCUT2D eigenvalue weighted by Crippen LogP contribution is 2.14. The molecule has 2 aromatic carbocycles. The number of hydrogen-bond acceptors (Lipinski definition) is 6. The molecule has 29 heavy (non-hydrogen) atoms. The van der Waals surface area contributed by atoms with Crippen LogP contribution in [0.4, 0.5) is 0 Å². The number of aromatic nitrogens is 1. The molecule has 1 heterocycles. The fraction of sp³-hybridized carbons (Fsp3) is 0.286. The zero-order chi connectivity index (χ0) is 20.8. The molecular formula is C21H23N3O4S. The molecule has 3 aromatic rings. The Kier molecular flexibility index (Phi) is 6.79. The van der Waals surface area contributed by atoms with Gasteiger partial charge in [0, 0.05) is 4.70 Å². The van der Waals surface area contributed by atoms with E-state index in [-0.39, 0.29) is 29.5 Å². The third-order valence-corrected chi connectivity index (χ3v) is 5.49. The summed E-state index contributed by atoms with van der Waals surface area (Å²) in [5.41, 5.74) is 6.06. The number of carbonyl (C=O) groups excluding carboxylic acids is 1. The highest BCUT2D eigenvalue weighted by Gasteiger charge is 2.14. The molecular weight excluding hydrogens is 390 g/mol. The lowest BCUT2D eigenvalue weighted by Gasteiger charge is -2.14. The quantitative estimate of drug-likeness (QED) is 0.553. The fourth-order valence-electron chi connectivity index (χ4n) is 3.03. The van der Waals surface area contributed by atoms with Gasteiger partial charge >= 0.3 is 4.87 Å². The molecule has 0 saturated heterocycles. The molecule has 0 spiro atoms. The van der Waals surface area contributed by atoms with E-state index in [4.69, 9.17) is 10.5 Å². The maximum Gasteiger partial charge on any atom is 0.310 e. The van der Waals surface area contributed by atoms with Crippen molar-refractivity contribution in [3.8, 4) is 5.75 Å². The summed E-state index contributed by atoms with van der Waals surface area (Å²) >= 11 is 1.05. The van der Waals surface area contributed by atoms with Crippen LogP contribution < -0.4 is 26.2 Å². The molecule has 1 aromatic heterocycles. The average molecular weight is 413 g/mol. The molecule has 3 rings (SSSR count). The molecule has 1 amide bonds. The maximum atomic E-state index is 12.5. The first-order valence-corrected chi connectivity index (χ1v) is 10.2. The second-order valence-electron chi connectivity index (χ2n) is 6.53. The molecule has 7 nitrogen and oxygen atoms in total. The van der Waals surface area contributed by atoms with Crippen LogP contribution in [-0.4, -0.2) is 29.7 Å². The normalized spacial score (nSPS) is 12.0. The van der Waals surface area contributed by atoms with Gasteiger partial charge in [0.05, 0.1) is 18.0 Å². The van der Waals surface area contributed by atoms with Gasteiger partial charge in [-0.3, -0.25) is 19.0 Å². The number of likely N-dealkylation sites (N-methyl/N-ethyl adjacent to an activating group) is 1. The van der Waals surface area contributed by atoms with Crippen LogP contribution >= 0.6 is 11.3 Å². The molecule has 0 aliphatic rings. The number of primary amides is 1. The van der Waals surface area contributed by atoms with Crippen LogP contribution in [0.1, 0.15) is 12.5 Å². The molecule has 0 saturated carbocycles. The molecule has 1 unspecified atom stereocenters. The number of hydrogen-bond donors (Lipinski definition) is 2. The van der Waals surface area contributed by atoms with Crippen molar-refractivity contribution < 1.29 is 9.53 Å². The van der Waals surface area contributed by atoms with E-state index in [1.54, 1.807) is 36.4 Å². The smallest absolute Gasteiger partial charge is 0.310 e. The van der Waals surface area contributed by atoms with E-state index in [2.05, 4.69) is 5.32 Å². The van der Waals surface area contributed by atoms with Crippen LogP contribution in [0.5, 0.6) is 5.75 Å². The van der Waals surface area contributed by atoms with Crippen molar-refractivity contribution >= 4 is 27.3 Å². The lowest BCUT2D eigenvalue weighted by atomic mass is 10.1. The number of amides is 1. The maximum absolute atomic E-state index is 12.5. The predicted molar refractivity (Wildman–Crippen MR) is 115 cm³/mol. The van der Waals surface area contributed by atoms with Crippen molar-refractivity contribution in [3.63, 3.8) is 0 Å². The van der Waals surface area contributed by atoms with Crippen LogP contribution in [0.25, 0.3) is 10.1 Å². The number of carbonyl (C=O) groups is 1. The Bertz CT molecular complexity index is 1110. The topological polar surface area (TPSA) is 103 Å². The molecule has 0 bridgehead atoms. The Morgan fingerprint density at radius 1 is 1.17 bits per heavy atom. The summed E-state index contributed by atoms with van der Waals surface area (Å²) in [6.45, 7) is 2.94. The van der Waals surface area contributed by atoms with E-state index >= 15 is 0 Å². The van der Waals surface area contributed by atoms with Gasteiger partial charge < -0.3 is 15.8 Å². The SMILES string of the molecule is CCNC(Cc1ccc(OCCn2c(=O)sc3ccccc3c2=O)cc1)C(N)=O. The zero-order valence-corrected chi connectivity index (χ0v) is 16.9. The zero-order valence-electron chi connectivity index (χ0n) is 16.1. The van der Waals surface area contributed by atoms with Gasteiger partial charge in [-0.05, 0) is 42.8 Å². The first-order chi connectivity index (χ1) is 14.0. The first-order valence-electron chi connectivity index (χ1n) is 9.36. The van der Waals surface area contributed by atoms with Crippen LogP contribution in [0.15, 0.2) is 58.1 Å². The third-order valence-electron chi connectivity index (χ3n) is 4.52. The number of nitrogens with two attached hydrogens (primary N) is 1. The highest BCUT2D eigenvalue weighted by atomic mass is 32.1. The minimum atomic E-state index is -0.414. The van der Waals surface area contributed by atoms with Gasteiger partial charge in [-0.2, -0.15) is 0 Å².